The molecule has 0 saturated heterocycles. The first-order valence-electron chi connectivity index (χ1n) is 8.10. The SMILES string of the molecule is Cn1cncc1-c1cnc2cnc(CC(=O)c3ccc(F)cc3)cc2c1. The number of carbonyl (C=O) groups is 1. The minimum Gasteiger partial charge on any atom is -0.334 e. The molecule has 6 heteroatoms. The van der Waals surface area contributed by atoms with Gasteiger partial charge in [0.25, 0.3) is 0 Å². The first-order valence-corrected chi connectivity index (χ1v) is 8.10. The van der Waals surface area contributed by atoms with Crippen LogP contribution in [0.4, 0.5) is 4.39 Å². The normalized spacial score (nSPS) is 11.0. The van der Waals surface area contributed by atoms with Gasteiger partial charge in [0.1, 0.15) is 5.82 Å². The number of pyridine rings is 2. The summed E-state index contributed by atoms with van der Waals surface area (Å²) in [7, 11) is 1.92. The Hall–Kier alpha value is -3.41. The van der Waals surface area contributed by atoms with E-state index in [0.29, 0.717) is 11.3 Å². The predicted octanol–water partition coefficient (Wildman–Crippen LogP) is 3.59. The maximum Gasteiger partial charge on any atom is 0.168 e. The van der Waals surface area contributed by atoms with Gasteiger partial charge in [0.05, 0.1) is 36.4 Å². The zero-order valence-corrected chi connectivity index (χ0v) is 14.1. The molecule has 0 amide bonds. The van der Waals surface area contributed by atoms with Crippen molar-refractivity contribution in [2.75, 3.05) is 0 Å². The number of Topliss-reactive ketones (excluding diaryl/α,β-unsaturated/α-hetero) is 1. The van der Waals surface area contributed by atoms with Crippen LogP contribution in [0, 0.1) is 5.82 Å². The van der Waals surface area contributed by atoms with E-state index < -0.39 is 0 Å². The average molecular weight is 346 g/mol. The quantitative estimate of drug-likeness (QED) is 0.530. The van der Waals surface area contributed by atoms with Crippen LogP contribution in [-0.4, -0.2) is 25.3 Å². The molecule has 3 heterocycles. The molecule has 0 aliphatic heterocycles. The highest BCUT2D eigenvalue weighted by Crippen LogP contribution is 2.22. The van der Waals surface area contributed by atoms with Crippen LogP contribution < -0.4 is 0 Å². The van der Waals surface area contributed by atoms with Crippen molar-refractivity contribution in [1.29, 1.82) is 0 Å². The van der Waals surface area contributed by atoms with Gasteiger partial charge in [0.2, 0.25) is 0 Å². The van der Waals surface area contributed by atoms with E-state index in [1.807, 2.05) is 23.7 Å². The number of hydrogen-bond donors (Lipinski definition) is 0. The molecule has 0 unspecified atom stereocenters. The molecule has 128 valence electrons. The van der Waals surface area contributed by atoms with Gasteiger partial charge in [0, 0.05) is 35.5 Å². The van der Waals surface area contributed by atoms with E-state index in [2.05, 4.69) is 15.0 Å². The molecule has 5 nitrogen and oxygen atoms in total. The summed E-state index contributed by atoms with van der Waals surface area (Å²) in [6, 6.07) is 9.41. The number of imidazole rings is 1. The number of aryl methyl sites for hydroxylation is 1. The Morgan fingerprint density at radius 1 is 1.08 bits per heavy atom. The van der Waals surface area contributed by atoms with Gasteiger partial charge < -0.3 is 4.57 Å². The largest absolute Gasteiger partial charge is 0.334 e. The van der Waals surface area contributed by atoms with Crippen LogP contribution in [-0.2, 0) is 13.5 Å². The first-order chi connectivity index (χ1) is 12.6. The van der Waals surface area contributed by atoms with Crippen molar-refractivity contribution in [2.45, 2.75) is 6.42 Å². The topological polar surface area (TPSA) is 60.7 Å². The molecular weight excluding hydrogens is 331 g/mol. The van der Waals surface area contributed by atoms with Crippen LogP contribution in [0.3, 0.4) is 0 Å². The summed E-state index contributed by atoms with van der Waals surface area (Å²) in [5, 5.41) is 0.903. The van der Waals surface area contributed by atoms with Crippen molar-refractivity contribution < 1.29 is 9.18 Å². The summed E-state index contributed by atoms with van der Waals surface area (Å²) < 4.78 is 14.9. The number of carbonyl (C=O) groups excluding carboxylic acids is 1. The number of hydrogen-bond acceptors (Lipinski definition) is 4. The molecule has 0 aliphatic carbocycles. The molecular formula is C20H15FN4O. The first kappa shape index (κ1) is 16.1. The second-order valence-electron chi connectivity index (χ2n) is 6.09. The van der Waals surface area contributed by atoms with Crippen LogP contribution in [0.1, 0.15) is 16.1 Å². The van der Waals surface area contributed by atoms with E-state index in [9.17, 15) is 9.18 Å². The van der Waals surface area contributed by atoms with Gasteiger partial charge in [-0.15, -0.1) is 0 Å². The molecule has 0 spiro atoms. The molecule has 4 rings (SSSR count). The molecule has 0 bridgehead atoms. The van der Waals surface area contributed by atoms with E-state index >= 15 is 0 Å². The van der Waals surface area contributed by atoms with Crippen LogP contribution in [0.2, 0.25) is 0 Å². The molecule has 26 heavy (non-hydrogen) atoms. The Morgan fingerprint density at radius 2 is 1.88 bits per heavy atom. The summed E-state index contributed by atoms with van der Waals surface area (Å²) in [5.41, 5.74) is 3.78. The lowest BCUT2D eigenvalue weighted by Gasteiger charge is -2.06. The van der Waals surface area contributed by atoms with Crippen molar-refractivity contribution in [1.82, 2.24) is 19.5 Å². The maximum atomic E-state index is 13.0. The van der Waals surface area contributed by atoms with Gasteiger partial charge in [-0.1, -0.05) is 0 Å². The van der Waals surface area contributed by atoms with E-state index in [1.165, 1.54) is 24.3 Å². The molecule has 0 fully saturated rings. The van der Waals surface area contributed by atoms with Crippen molar-refractivity contribution in [3.8, 4) is 11.3 Å². The van der Waals surface area contributed by atoms with Crippen LogP contribution in [0.15, 0.2) is 61.3 Å². The number of fused-ring (bicyclic) bond motifs is 1. The Kier molecular flexibility index (Phi) is 4.01. The highest BCUT2D eigenvalue weighted by Gasteiger charge is 2.10. The molecule has 0 atom stereocenters. The summed E-state index contributed by atoms with van der Waals surface area (Å²) in [4.78, 5) is 25.3. The van der Waals surface area contributed by atoms with Crippen molar-refractivity contribution >= 4 is 16.7 Å². The van der Waals surface area contributed by atoms with Crippen LogP contribution in [0.5, 0.6) is 0 Å². The molecule has 0 aliphatic rings. The van der Waals surface area contributed by atoms with E-state index in [1.54, 1.807) is 24.9 Å². The fourth-order valence-electron chi connectivity index (χ4n) is 2.85. The van der Waals surface area contributed by atoms with Gasteiger partial charge in [-0.3, -0.25) is 14.8 Å². The molecule has 0 radical (unpaired) electrons. The molecule has 3 aromatic heterocycles. The highest BCUT2D eigenvalue weighted by molar-refractivity contribution is 5.97. The number of ketones is 1. The van der Waals surface area contributed by atoms with Gasteiger partial charge in [0.15, 0.2) is 5.78 Å². The minimum absolute atomic E-state index is 0.104. The van der Waals surface area contributed by atoms with Gasteiger partial charge in [-0.2, -0.15) is 0 Å². The van der Waals surface area contributed by atoms with E-state index in [0.717, 1.165) is 22.2 Å². The Bertz CT molecular complexity index is 1100. The third-order valence-corrected chi connectivity index (χ3v) is 4.24. The fourth-order valence-corrected chi connectivity index (χ4v) is 2.85. The summed E-state index contributed by atoms with van der Waals surface area (Å²) >= 11 is 0. The third kappa shape index (κ3) is 3.09. The Morgan fingerprint density at radius 3 is 2.62 bits per heavy atom. The van der Waals surface area contributed by atoms with E-state index in [4.69, 9.17) is 0 Å². The van der Waals surface area contributed by atoms with Gasteiger partial charge in [-0.05, 0) is 36.4 Å². The van der Waals surface area contributed by atoms with Crippen molar-refractivity contribution in [3.05, 3.63) is 78.4 Å². The maximum absolute atomic E-state index is 13.0. The lowest BCUT2D eigenvalue weighted by molar-refractivity contribution is 0.0992. The second-order valence-corrected chi connectivity index (χ2v) is 6.09. The summed E-state index contributed by atoms with van der Waals surface area (Å²) in [6.45, 7) is 0. The lowest BCUT2D eigenvalue weighted by atomic mass is 10.0. The summed E-state index contributed by atoms with van der Waals surface area (Å²) in [6.07, 6.45) is 7.11. The molecule has 0 saturated carbocycles. The highest BCUT2D eigenvalue weighted by atomic mass is 19.1. The van der Waals surface area contributed by atoms with Crippen molar-refractivity contribution in [2.24, 2.45) is 7.05 Å². The molecule has 0 N–H and O–H groups in total. The van der Waals surface area contributed by atoms with Crippen LogP contribution in [0.25, 0.3) is 22.2 Å². The number of nitrogens with zero attached hydrogens (tertiary/aromatic N) is 4. The van der Waals surface area contributed by atoms with Gasteiger partial charge in [-0.25, -0.2) is 9.37 Å². The second kappa shape index (κ2) is 6.48. The zero-order valence-electron chi connectivity index (χ0n) is 14.1. The molecule has 4 aromatic rings. The van der Waals surface area contributed by atoms with E-state index in [-0.39, 0.29) is 18.0 Å². The Labute approximate surface area is 149 Å². The average Bonchev–Trinajstić information content (AvgIpc) is 3.07. The number of aromatic nitrogens is 4. The van der Waals surface area contributed by atoms with Crippen LogP contribution >= 0.6 is 0 Å². The lowest BCUT2D eigenvalue weighted by Crippen LogP contribution is -2.05. The fraction of sp³-hybridized carbons (Fsp3) is 0.100. The number of rotatable bonds is 4. The zero-order chi connectivity index (χ0) is 18.1. The predicted molar refractivity (Wildman–Crippen MR) is 96.2 cm³/mol. The molecule has 1 aromatic carbocycles. The van der Waals surface area contributed by atoms with Gasteiger partial charge >= 0.3 is 0 Å². The monoisotopic (exact) mass is 346 g/mol. The number of benzene rings is 1. The standard InChI is InChI=1S/C20H15FN4O/c1-25-12-22-11-19(25)15-6-14-7-17(23-10-18(14)24-9-15)8-20(26)13-2-4-16(21)5-3-13/h2-7,9-12H,8H2,1H3. The summed E-state index contributed by atoms with van der Waals surface area (Å²) in [5.74, 6) is -0.466. The third-order valence-electron chi connectivity index (χ3n) is 4.24. The smallest absolute Gasteiger partial charge is 0.168 e. The Balaban J connectivity index is 1.65. The number of halogens is 1. The minimum atomic E-state index is -0.362. The van der Waals surface area contributed by atoms with Crippen molar-refractivity contribution in [3.63, 3.8) is 0 Å².